The van der Waals surface area contributed by atoms with Crippen LogP contribution in [0.1, 0.15) is 26.2 Å². The molecular weight excluding hydrogens is 277 g/mol. The van der Waals surface area contributed by atoms with E-state index in [2.05, 4.69) is 5.32 Å². The summed E-state index contributed by atoms with van der Waals surface area (Å²) in [6, 6.07) is 5.30. The Bertz CT molecular complexity index is 517. The van der Waals surface area contributed by atoms with Crippen LogP contribution in [0.25, 0.3) is 0 Å². The molecule has 1 aromatic rings. The third-order valence-electron chi connectivity index (χ3n) is 3.62. The van der Waals surface area contributed by atoms with Crippen LogP contribution in [0.15, 0.2) is 24.3 Å². The number of carbonyl (C=O) groups is 2. The van der Waals surface area contributed by atoms with Crippen molar-refractivity contribution in [2.24, 2.45) is 5.92 Å². The fourth-order valence-corrected chi connectivity index (χ4v) is 2.43. The largest absolute Gasteiger partial charge is 0.481 e. The third-order valence-corrected chi connectivity index (χ3v) is 3.62. The molecule has 2 rings (SSSR count). The van der Waals surface area contributed by atoms with Crippen molar-refractivity contribution in [3.05, 3.63) is 30.1 Å². The highest BCUT2D eigenvalue weighted by Crippen LogP contribution is 2.25. The number of nitrogens with one attached hydrogen (secondary N) is 1. The summed E-state index contributed by atoms with van der Waals surface area (Å²) < 4.78 is 18.2. The van der Waals surface area contributed by atoms with Crippen molar-refractivity contribution in [3.8, 4) is 5.75 Å². The molecule has 1 aliphatic rings. The molecule has 0 bridgehead atoms. The number of amides is 1. The molecule has 0 radical (unpaired) electrons. The maximum Gasteiger partial charge on any atom is 0.306 e. The quantitative estimate of drug-likeness (QED) is 0.870. The minimum atomic E-state index is -0.817. The Balaban J connectivity index is 1.83. The summed E-state index contributed by atoms with van der Waals surface area (Å²) in [6.45, 7) is 1.60. The van der Waals surface area contributed by atoms with Gasteiger partial charge in [-0.15, -0.1) is 0 Å². The minimum absolute atomic E-state index is 0.127. The summed E-state index contributed by atoms with van der Waals surface area (Å²) in [6.07, 6.45) is 0.961. The first-order valence-corrected chi connectivity index (χ1v) is 6.91. The van der Waals surface area contributed by atoms with Gasteiger partial charge in [0, 0.05) is 6.04 Å². The molecule has 0 aromatic heterocycles. The Morgan fingerprint density at radius 1 is 1.33 bits per heavy atom. The number of ether oxygens (including phenoxy) is 1. The van der Waals surface area contributed by atoms with E-state index in [1.165, 1.54) is 24.3 Å². The van der Waals surface area contributed by atoms with Crippen molar-refractivity contribution in [2.45, 2.75) is 38.3 Å². The number of rotatable bonds is 5. The van der Waals surface area contributed by atoms with Crippen molar-refractivity contribution in [3.63, 3.8) is 0 Å². The summed E-state index contributed by atoms with van der Waals surface area (Å²) in [7, 11) is 0. The summed E-state index contributed by atoms with van der Waals surface area (Å²) in [5, 5.41) is 11.7. The van der Waals surface area contributed by atoms with Crippen LogP contribution in [0.3, 0.4) is 0 Å². The van der Waals surface area contributed by atoms with E-state index in [1.807, 2.05) is 0 Å². The molecule has 2 N–H and O–H groups in total. The maximum atomic E-state index is 12.8. The molecule has 1 amide bonds. The van der Waals surface area contributed by atoms with Gasteiger partial charge < -0.3 is 15.2 Å². The zero-order valence-corrected chi connectivity index (χ0v) is 11.7. The number of hydrogen-bond donors (Lipinski definition) is 2. The molecule has 1 aliphatic carbocycles. The Labute approximate surface area is 122 Å². The third kappa shape index (κ3) is 4.18. The monoisotopic (exact) mass is 295 g/mol. The van der Waals surface area contributed by atoms with E-state index in [1.54, 1.807) is 6.92 Å². The van der Waals surface area contributed by atoms with E-state index in [-0.39, 0.29) is 23.7 Å². The lowest BCUT2D eigenvalue weighted by Gasteiger charge is -2.18. The molecule has 0 spiro atoms. The zero-order valence-electron chi connectivity index (χ0n) is 11.7. The fraction of sp³-hybridized carbons (Fsp3) is 0.467. The van der Waals surface area contributed by atoms with Crippen LogP contribution >= 0.6 is 0 Å². The van der Waals surface area contributed by atoms with Crippen molar-refractivity contribution in [1.29, 1.82) is 0 Å². The van der Waals surface area contributed by atoms with Crippen LogP contribution in [-0.4, -0.2) is 29.1 Å². The first-order chi connectivity index (χ1) is 9.95. The van der Waals surface area contributed by atoms with Crippen molar-refractivity contribution >= 4 is 11.9 Å². The molecule has 21 heavy (non-hydrogen) atoms. The number of hydrogen-bond acceptors (Lipinski definition) is 3. The predicted octanol–water partition coefficient (Wildman–Crippen LogP) is 1.96. The lowest BCUT2D eigenvalue weighted by Crippen LogP contribution is -2.41. The van der Waals surface area contributed by atoms with Gasteiger partial charge >= 0.3 is 5.97 Å². The first kappa shape index (κ1) is 15.3. The number of halogens is 1. The van der Waals surface area contributed by atoms with Gasteiger partial charge in [0.05, 0.1) is 5.92 Å². The molecule has 1 saturated carbocycles. The van der Waals surface area contributed by atoms with Crippen LogP contribution < -0.4 is 10.1 Å². The number of benzene rings is 1. The molecule has 114 valence electrons. The Kier molecular flexibility index (Phi) is 4.77. The van der Waals surface area contributed by atoms with E-state index < -0.39 is 12.1 Å². The highest BCUT2D eigenvalue weighted by Gasteiger charge is 2.31. The Morgan fingerprint density at radius 2 is 2.00 bits per heavy atom. The van der Waals surface area contributed by atoms with Crippen molar-refractivity contribution in [2.75, 3.05) is 0 Å². The molecule has 6 heteroatoms. The zero-order chi connectivity index (χ0) is 15.4. The standard InChI is InChI=1S/C15H18FNO4/c1-9(21-13-6-3-11(16)4-7-13)14(18)17-12-5-2-10(8-12)15(19)20/h3-4,6-7,9-10,12H,2,5,8H2,1H3,(H,17,18)(H,19,20)/t9?,10-,12+/m0/s1. The van der Waals surface area contributed by atoms with E-state index in [9.17, 15) is 14.0 Å². The highest BCUT2D eigenvalue weighted by atomic mass is 19.1. The van der Waals surface area contributed by atoms with Gasteiger partial charge in [-0.25, -0.2) is 4.39 Å². The smallest absolute Gasteiger partial charge is 0.306 e. The molecular formula is C15H18FNO4. The van der Waals surface area contributed by atoms with E-state index >= 15 is 0 Å². The van der Waals surface area contributed by atoms with Gasteiger partial charge in [-0.2, -0.15) is 0 Å². The number of aliphatic carboxylic acids is 1. The van der Waals surface area contributed by atoms with Crippen LogP contribution in [0.4, 0.5) is 4.39 Å². The second-order valence-electron chi connectivity index (χ2n) is 5.27. The second kappa shape index (κ2) is 6.56. The molecule has 1 unspecified atom stereocenters. The lowest BCUT2D eigenvalue weighted by molar-refractivity contribution is -0.141. The van der Waals surface area contributed by atoms with Gasteiger partial charge in [0.2, 0.25) is 0 Å². The van der Waals surface area contributed by atoms with E-state index in [4.69, 9.17) is 9.84 Å². The normalized spacial score (nSPS) is 22.6. The second-order valence-corrected chi connectivity index (χ2v) is 5.27. The van der Waals surface area contributed by atoms with Gasteiger partial charge in [-0.1, -0.05) is 0 Å². The minimum Gasteiger partial charge on any atom is -0.481 e. The predicted molar refractivity (Wildman–Crippen MR) is 73.4 cm³/mol. The fourth-order valence-electron chi connectivity index (χ4n) is 2.43. The van der Waals surface area contributed by atoms with E-state index in [0.29, 0.717) is 25.0 Å². The van der Waals surface area contributed by atoms with Crippen LogP contribution in [0.2, 0.25) is 0 Å². The van der Waals surface area contributed by atoms with Gasteiger partial charge in [-0.3, -0.25) is 9.59 Å². The first-order valence-electron chi connectivity index (χ1n) is 6.91. The SMILES string of the molecule is CC(Oc1ccc(F)cc1)C(=O)N[C@@H]1CC[C@H](C(=O)O)C1. The summed E-state index contributed by atoms with van der Waals surface area (Å²) in [5.74, 6) is -1.46. The van der Waals surface area contributed by atoms with Crippen LogP contribution in [0.5, 0.6) is 5.75 Å². The number of carboxylic acids is 1. The van der Waals surface area contributed by atoms with Crippen LogP contribution in [0, 0.1) is 11.7 Å². The number of carbonyl (C=O) groups excluding carboxylic acids is 1. The van der Waals surface area contributed by atoms with E-state index in [0.717, 1.165) is 0 Å². The van der Waals surface area contributed by atoms with Gasteiger partial charge in [0.25, 0.3) is 5.91 Å². The average Bonchev–Trinajstić information content (AvgIpc) is 2.90. The number of carboxylic acid groups (broad SMARTS) is 1. The summed E-state index contributed by atoms with van der Waals surface area (Å²) in [5.41, 5.74) is 0. The molecule has 0 heterocycles. The lowest BCUT2D eigenvalue weighted by atomic mass is 10.1. The molecule has 0 aliphatic heterocycles. The average molecular weight is 295 g/mol. The summed E-state index contributed by atoms with van der Waals surface area (Å²) >= 11 is 0. The Morgan fingerprint density at radius 3 is 2.57 bits per heavy atom. The van der Waals surface area contributed by atoms with Crippen LogP contribution in [-0.2, 0) is 9.59 Å². The molecule has 3 atom stereocenters. The summed E-state index contributed by atoms with van der Waals surface area (Å²) in [4.78, 5) is 22.9. The molecule has 5 nitrogen and oxygen atoms in total. The molecule has 1 fully saturated rings. The maximum absolute atomic E-state index is 12.8. The van der Waals surface area contributed by atoms with Gasteiger partial charge in [0.1, 0.15) is 11.6 Å². The topological polar surface area (TPSA) is 75.6 Å². The van der Waals surface area contributed by atoms with Gasteiger partial charge in [-0.05, 0) is 50.5 Å². The van der Waals surface area contributed by atoms with Crippen molar-refractivity contribution < 1.29 is 23.8 Å². The Hall–Kier alpha value is -2.11. The molecule has 0 saturated heterocycles. The van der Waals surface area contributed by atoms with Gasteiger partial charge in [0.15, 0.2) is 6.10 Å². The molecule has 1 aromatic carbocycles. The highest BCUT2D eigenvalue weighted by molar-refractivity contribution is 5.81. The van der Waals surface area contributed by atoms with Crippen molar-refractivity contribution in [1.82, 2.24) is 5.32 Å².